The lowest BCUT2D eigenvalue weighted by molar-refractivity contribution is -0.143. The van der Waals surface area contributed by atoms with Gasteiger partial charge in [-0.25, -0.2) is 4.79 Å². The molecule has 1 heterocycles. The Morgan fingerprint density at radius 3 is 2.62 bits per heavy atom. The summed E-state index contributed by atoms with van der Waals surface area (Å²) in [4.78, 5) is 32.9. The summed E-state index contributed by atoms with van der Waals surface area (Å²) in [6.07, 6.45) is 1.16. The first-order chi connectivity index (χ1) is 7.50. The van der Waals surface area contributed by atoms with Crippen LogP contribution in [-0.4, -0.2) is 41.5 Å². The highest BCUT2D eigenvalue weighted by molar-refractivity contribution is 5.90. The predicted octanol–water partition coefficient (Wildman–Crippen LogP) is -1.82. The lowest BCUT2D eigenvalue weighted by atomic mass is 10.1. The van der Waals surface area contributed by atoms with E-state index in [1.54, 1.807) is 0 Å². The second kappa shape index (κ2) is 5.45. The summed E-state index contributed by atoms with van der Waals surface area (Å²) in [6.45, 7) is 0.742. The number of carbonyl (C=O) groups is 3. The Hall–Kier alpha value is -1.63. The quantitative estimate of drug-likeness (QED) is 0.442. The van der Waals surface area contributed by atoms with Crippen LogP contribution >= 0.6 is 0 Å². The number of primary amides is 1. The van der Waals surface area contributed by atoms with Crippen LogP contribution in [0.1, 0.15) is 19.3 Å². The van der Waals surface area contributed by atoms with Crippen molar-refractivity contribution < 1.29 is 19.5 Å². The largest absolute Gasteiger partial charge is 0.480 e. The van der Waals surface area contributed by atoms with Crippen molar-refractivity contribution in [2.24, 2.45) is 5.73 Å². The highest BCUT2D eigenvalue weighted by Gasteiger charge is 2.27. The van der Waals surface area contributed by atoms with E-state index in [0.717, 1.165) is 13.0 Å². The topological polar surface area (TPSA) is 122 Å². The molecule has 0 radical (unpaired) electrons. The molecular weight excluding hydrogens is 214 g/mol. The van der Waals surface area contributed by atoms with Gasteiger partial charge in [-0.15, -0.1) is 0 Å². The van der Waals surface area contributed by atoms with Gasteiger partial charge in [-0.2, -0.15) is 0 Å². The summed E-state index contributed by atoms with van der Waals surface area (Å²) < 4.78 is 0. The molecule has 7 heteroatoms. The van der Waals surface area contributed by atoms with E-state index in [1.165, 1.54) is 0 Å². The third kappa shape index (κ3) is 3.50. The van der Waals surface area contributed by atoms with E-state index >= 15 is 0 Å². The van der Waals surface area contributed by atoms with Crippen molar-refractivity contribution >= 4 is 17.8 Å². The maximum Gasteiger partial charge on any atom is 0.326 e. The van der Waals surface area contributed by atoms with E-state index in [-0.39, 0.29) is 6.04 Å². The highest BCUT2D eigenvalue weighted by Crippen LogP contribution is 2.05. The van der Waals surface area contributed by atoms with E-state index in [4.69, 9.17) is 10.8 Å². The Balaban J connectivity index is 2.50. The summed E-state index contributed by atoms with van der Waals surface area (Å²) in [6, 6.07) is -1.61. The fourth-order valence-corrected chi connectivity index (χ4v) is 1.58. The molecule has 16 heavy (non-hydrogen) atoms. The third-order valence-corrected chi connectivity index (χ3v) is 2.40. The maximum atomic E-state index is 11.6. The van der Waals surface area contributed by atoms with E-state index in [1.807, 2.05) is 0 Å². The number of carboxylic acid groups (broad SMARTS) is 1. The Bertz CT molecular complexity index is 299. The first-order valence-electron chi connectivity index (χ1n) is 5.05. The number of nitrogens with two attached hydrogens (primary N) is 1. The van der Waals surface area contributed by atoms with Crippen LogP contribution in [0.25, 0.3) is 0 Å². The first-order valence-corrected chi connectivity index (χ1v) is 5.05. The first kappa shape index (κ1) is 12.4. The minimum Gasteiger partial charge on any atom is -0.480 e. The molecule has 0 aliphatic carbocycles. The molecule has 1 saturated heterocycles. The lowest BCUT2D eigenvalue weighted by Gasteiger charge is -2.16. The second-order valence-electron chi connectivity index (χ2n) is 3.72. The van der Waals surface area contributed by atoms with E-state index in [0.29, 0.717) is 6.42 Å². The molecule has 1 unspecified atom stereocenters. The summed E-state index contributed by atoms with van der Waals surface area (Å²) >= 11 is 0. The lowest BCUT2D eigenvalue weighted by Crippen LogP contribution is -2.49. The second-order valence-corrected chi connectivity index (χ2v) is 3.72. The molecule has 0 saturated carbocycles. The van der Waals surface area contributed by atoms with Crippen LogP contribution < -0.4 is 16.4 Å². The van der Waals surface area contributed by atoms with Gasteiger partial charge >= 0.3 is 5.97 Å². The molecule has 0 aromatic carbocycles. The molecule has 1 aliphatic rings. The van der Waals surface area contributed by atoms with Crippen LogP contribution in [0.4, 0.5) is 0 Å². The van der Waals surface area contributed by atoms with Crippen LogP contribution in [-0.2, 0) is 14.4 Å². The Labute approximate surface area is 92.4 Å². The number of aliphatic carboxylic acids is 1. The van der Waals surface area contributed by atoms with Crippen molar-refractivity contribution in [1.29, 1.82) is 0 Å². The summed E-state index contributed by atoms with van der Waals surface area (Å²) in [5.74, 6) is -2.41. The average molecular weight is 229 g/mol. The van der Waals surface area contributed by atoms with Crippen molar-refractivity contribution in [2.45, 2.75) is 31.3 Å². The molecule has 0 aromatic rings. The van der Waals surface area contributed by atoms with Crippen LogP contribution in [0.5, 0.6) is 0 Å². The highest BCUT2D eigenvalue weighted by atomic mass is 16.4. The molecule has 2 amide bonds. The molecular formula is C9H15N3O4. The number of amides is 2. The van der Waals surface area contributed by atoms with Gasteiger partial charge in [0.1, 0.15) is 6.04 Å². The minimum absolute atomic E-state index is 0.366. The van der Waals surface area contributed by atoms with Gasteiger partial charge < -0.3 is 21.5 Å². The fourth-order valence-electron chi connectivity index (χ4n) is 1.58. The standard InChI is InChI=1S/C9H15N3O4/c10-7(13)4-6(9(15)16)12-8(14)5-2-1-3-11-5/h5-6,11H,1-4H2,(H2,10,13)(H,12,14)(H,15,16)/t5-,6?/m1/s1. The third-order valence-electron chi connectivity index (χ3n) is 2.40. The van der Waals surface area contributed by atoms with Crippen molar-refractivity contribution in [3.63, 3.8) is 0 Å². The average Bonchev–Trinajstić information content (AvgIpc) is 2.68. The molecule has 7 nitrogen and oxygen atoms in total. The molecule has 1 rings (SSSR count). The fraction of sp³-hybridized carbons (Fsp3) is 0.667. The van der Waals surface area contributed by atoms with E-state index < -0.39 is 30.2 Å². The summed E-state index contributed by atoms with van der Waals surface area (Å²) in [5.41, 5.74) is 4.89. The molecule has 5 N–H and O–H groups in total. The molecule has 0 bridgehead atoms. The molecule has 0 aromatic heterocycles. The smallest absolute Gasteiger partial charge is 0.326 e. The van der Waals surface area contributed by atoms with Crippen LogP contribution in [0.3, 0.4) is 0 Å². The molecule has 2 atom stereocenters. The summed E-state index contributed by atoms with van der Waals surface area (Å²) in [5, 5.41) is 14.0. The minimum atomic E-state index is -1.26. The Morgan fingerprint density at radius 1 is 1.50 bits per heavy atom. The van der Waals surface area contributed by atoms with Gasteiger partial charge in [0.2, 0.25) is 11.8 Å². The molecule has 90 valence electrons. The monoisotopic (exact) mass is 229 g/mol. The zero-order valence-corrected chi connectivity index (χ0v) is 8.73. The van der Waals surface area contributed by atoms with Gasteiger partial charge in [0, 0.05) is 0 Å². The number of hydrogen-bond acceptors (Lipinski definition) is 4. The van der Waals surface area contributed by atoms with Crippen LogP contribution in [0.2, 0.25) is 0 Å². The predicted molar refractivity (Wildman–Crippen MR) is 54.4 cm³/mol. The van der Waals surface area contributed by atoms with Gasteiger partial charge in [0.25, 0.3) is 0 Å². The molecule has 1 aliphatic heterocycles. The van der Waals surface area contributed by atoms with E-state index in [2.05, 4.69) is 10.6 Å². The van der Waals surface area contributed by atoms with E-state index in [9.17, 15) is 14.4 Å². The number of carboxylic acids is 1. The van der Waals surface area contributed by atoms with Crippen LogP contribution in [0, 0.1) is 0 Å². The maximum absolute atomic E-state index is 11.6. The number of nitrogens with one attached hydrogen (secondary N) is 2. The van der Waals surface area contributed by atoms with Crippen LogP contribution in [0.15, 0.2) is 0 Å². The number of rotatable bonds is 5. The van der Waals surface area contributed by atoms with Gasteiger partial charge in [-0.1, -0.05) is 0 Å². The van der Waals surface area contributed by atoms with Gasteiger partial charge in [0.15, 0.2) is 0 Å². The van der Waals surface area contributed by atoms with Crippen molar-refractivity contribution in [2.75, 3.05) is 6.54 Å². The molecule has 1 fully saturated rings. The molecule has 0 spiro atoms. The summed E-state index contributed by atoms with van der Waals surface area (Å²) in [7, 11) is 0. The van der Waals surface area contributed by atoms with Crippen molar-refractivity contribution in [3.8, 4) is 0 Å². The Kier molecular flexibility index (Phi) is 4.24. The zero-order chi connectivity index (χ0) is 12.1. The van der Waals surface area contributed by atoms with Gasteiger partial charge in [-0.05, 0) is 19.4 Å². The van der Waals surface area contributed by atoms with Crippen molar-refractivity contribution in [1.82, 2.24) is 10.6 Å². The number of hydrogen-bond donors (Lipinski definition) is 4. The van der Waals surface area contributed by atoms with Gasteiger partial charge in [-0.3, -0.25) is 9.59 Å². The SMILES string of the molecule is NC(=O)CC(NC(=O)[C@H]1CCCN1)C(=O)O. The van der Waals surface area contributed by atoms with Gasteiger partial charge in [0.05, 0.1) is 12.5 Å². The number of carbonyl (C=O) groups excluding carboxylic acids is 2. The zero-order valence-electron chi connectivity index (χ0n) is 8.73. The van der Waals surface area contributed by atoms with Crippen molar-refractivity contribution in [3.05, 3.63) is 0 Å². The Morgan fingerprint density at radius 2 is 2.19 bits per heavy atom. The normalized spacial score (nSPS) is 21.4.